The Morgan fingerprint density at radius 1 is 1.25 bits per heavy atom. The van der Waals surface area contributed by atoms with Crippen molar-refractivity contribution in [2.75, 3.05) is 13.6 Å². The van der Waals surface area contributed by atoms with Crippen molar-refractivity contribution in [1.29, 1.82) is 0 Å². The third-order valence-corrected chi connectivity index (χ3v) is 6.12. The Morgan fingerprint density at radius 3 is 2.72 bits per heavy atom. The summed E-state index contributed by atoms with van der Waals surface area (Å²) < 4.78 is 13.2. The molecule has 1 atom stereocenters. The maximum absolute atomic E-state index is 13.2. The topological polar surface area (TPSA) is 101 Å². The fourth-order valence-electron chi connectivity index (χ4n) is 4.13. The molecule has 4 rings (SSSR count). The van der Waals surface area contributed by atoms with Crippen LogP contribution < -0.4 is 10.7 Å². The molecule has 0 radical (unpaired) electrons. The van der Waals surface area contributed by atoms with Gasteiger partial charge in [-0.2, -0.15) is 0 Å². The van der Waals surface area contributed by atoms with Gasteiger partial charge in [-0.05, 0) is 49.4 Å². The van der Waals surface area contributed by atoms with Crippen LogP contribution in [0.3, 0.4) is 0 Å². The van der Waals surface area contributed by atoms with Gasteiger partial charge in [0.15, 0.2) is 5.43 Å². The minimum atomic E-state index is -0.771. The van der Waals surface area contributed by atoms with E-state index in [1.54, 1.807) is 36.5 Å². The Morgan fingerprint density at radius 2 is 2.03 bits per heavy atom. The predicted molar refractivity (Wildman–Crippen MR) is 138 cm³/mol. The molecule has 1 amide bonds. The number of aryl methyl sites for hydroxylation is 1. The summed E-state index contributed by atoms with van der Waals surface area (Å²) in [7, 11) is 1.86. The first-order chi connectivity index (χ1) is 17.3. The minimum absolute atomic E-state index is 0.0260. The van der Waals surface area contributed by atoms with Gasteiger partial charge in [-0.1, -0.05) is 30.7 Å². The van der Waals surface area contributed by atoms with E-state index in [1.807, 2.05) is 35.6 Å². The van der Waals surface area contributed by atoms with Crippen LogP contribution in [0.25, 0.3) is 11.1 Å². The van der Waals surface area contributed by atoms with Gasteiger partial charge in [0.2, 0.25) is 11.6 Å². The van der Waals surface area contributed by atoms with Crippen molar-refractivity contribution in [3.8, 4) is 0 Å². The number of benzene rings is 1. The number of furan rings is 2. The Labute approximate surface area is 214 Å². The lowest BCUT2D eigenvalue weighted by molar-refractivity contribution is -0.120. The molecule has 0 saturated carbocycles. The maximum atomic E-state index is 13.2. The molecule has 0 unspecified atom stereocenters. The number of hydrogen-bond donors (Lipinski definition) is 2. The number of aromatic nitrogens is 1. The number of likely N-dealkylation sites (N-methyl/N-ethyl adjacent to an activating group) is 1. The highest BCUT2D eigenvalue weighted by Crippen LogP contribution is 2.21. The van der Waals surface area contributed by atoms with Crippen LogP contribution in [0.5, 0.6) is 0 Å². The molecule has 1 aromatic carbocycles. The van der Waals surface area contributed by atoms with Crippen LogP contribution >= 0.6 is 11.6 Å². The first-order valence-electron chi connectivity index (χ1n) is 11.9. The SMILES string of the molecule is CCCn1cc(CC(=O)NCc2ccc(Cl)cc2)c(=O)c2cc(CN(C)C[C@@H](O)c3ccco3)oc21. The molecular formula is C27H30ClN3O5. The van der Waals surface area contributed by atoms with Crippen molar-refractivity contribution in [2.24, 2.45) is 0 Å². The number of carbonyl (C=O) groups excluding carboxylic acids is 1. The van der Waals surface area contributed by atoms with Crippen molar-refractivity contribution in [2.45, 2.75) is 45.5 Å². The molecule has 0 saturated heterocycles. The molecular weight excluding hydrogens is 482 g/mol. The average molecular weight is 512 g/mol. The number of nitrogens with one attached hydrogen (secondary N) is 1. The summed E-state index contributed by atoms with van der Waals surface area (Å²) in [5.41, 5.74) is 1.61. The van der Waals surface area contributed by atoms with Gasteiger partial charge in [-0.15, -0.1) is 0 Å². The number of fused-ring (bicyclic) bond motifs is 1. The van der Waals surface area contributed by atoms with Gasteiger partial charge in [-0.3, -0.25) is 14.5 Å². The number of rotatable bonds is 11. The predicted octanol–water partition coefficient (Wildman–Crippen LogP) is 4.28. The second kappa shape index (κ2) is 11.6. The number of hydrogen-bond acceptors (Lipinski definition) is 6. The van der Waals surface area contributed by atoms with Gasteiger partial charge in [0, 0.05) is 36.4 Å². The van der Waals surface area contributed by atoms with Gasteiger partial charge < -0.3 is 23.8 Å². The van der Waals surface area contributed by atoms with Crippen LogP contribution in [0, 0.1) is 0 Å². The van der Waals surface area contributed by atoms with Crippen LogP contribution in [-0.2, 0) is 30.8 Å². The zero-order chi connectivity index (χ0) is 25.7. The number of aliphatic hydroxyl groups excluding tert-OH is 1. The van der Waals surface area contributed by atoms with E-state index in [0.717, 1.165) is 12.0 Å². The lowest BCUT2D eigenvalue weighted by Gasteiger charge is -2.18. The molecule has 0 spiro atoms. The summed E-state index contributed by atoms with van der Waals surface area (Å²) in [5, 5.41) is 14.3. The minimum Gasteiger partial charge on any atom is -0.467 e. The van der Waals surface area contributed by atoms with Crippen LogP contribution in [0.2, 0.25) is 5.02 Å². The Kier molecular flexibility index (Phi) is 8.30. The molecule has 0 fully saturated rings. The van der Waals surface area contributed by atoms with Crippen molar-refractivity contribution < 1.29 is 18.7 Å². The molecule has 2 N–H and O–H groups in total. The quantitative estimate of drug-likeness (QED) is 0.312. The summed E-state index contributed by atoms with van der Waals surface area (Å²) in [5.74, 6) is 0.860. The molecule has 3 heterocycles. The molecule has 9 heteroatoms. The number of pyridine rings is 1. The number of halogens is 1. The molecule has 0 aliphatic carbocycles. The van der Waals surface area contributed by atoms with E-state index in [0.29, 0.717) is 59.4 Å². The van der Waals surface area contributed by atoms with Gasteiger partial charge in [0.1, 0.15) is 17.6 Å². The van der Waals surface area contributed by atoms with Crippen LogP contribution in [-0.4, -0.2) is 34.1 Å². The van der Waals surface area contributed by atoms with Gasteiger partial charge >= 0.3 is 0 Å². The second-order valence-corrected chi connectivity index (χ2v) is 9.35. The van der Waals surface area contributed by atoms with Gasteiger partial charge in [-0.25, -0.2) is 0 Å². The van der Waals surface area contributed by atoms with Crippen LogP contribution in [0.1, 0.15) is 42.1 Å². The summed E-state index contributed by atoms with van der Waals surface area (Å²) in [6.45, 7) is 3.78. The van der Waals surface area contributed by atoms with E-state index in [4.69, 9.17) is 20.4 Å². The first kappa shape index (κ1) is 25.8. The van der Waals surface area contributed by atoms with E-state index in [9.17, 15) is 14.7 Å². The van der Waals surface area contributed by atoms with Crippen molar-refractivity contribution in [1.82, 2.24) is 14.8 Å². The summed E-state index contributed by atoms with van der Waals surface area (Å²) in [4.78, 5) is 27.7. The molecule has 190 valence electrons. The molecule has 0 aliphatic rings. The highest BCUT2D eigenvalue weighted by molar-refractivity contribution is 6.30. The zero-order valence-corrected chi connectivity index (χ0v) is 21.1. The number of carbonyl (C=O) groups is 1. The molecule has 3 aromatic heterocycles. The fourth-order valence-corrected chi connectivity index (χ4v) is 4.26. The molecule has 8 nitrogen and oxygen atoms in total. The van der Waals surface area contributed by atoms with E-state index in [2.05, 4.69) is 5.32 Å². The first-order valence-corrected chi connectivity index (χ1v) is 12.3. The fraction of sp³-hybridized carbons (Fsp3) is 0.333. The highest BCUT2D eigenvalue weighted by Gasteiger charge is 2.19. The monoisotopic (exact) mass is 511 g/mol. The zero-order valence-electron chi connectivity index (χ0n) is 20.4. The lowest BCUT2D eigenvalue weighted by atomic mass is 10.1. The van der Waals surface area contributed by atoms with Gasteiger partial charge in [0.25, 0.3) is 0 Å². The standard InChI is InChI=1S/C27H30ClN3O5/c1-3-10-31-15-19(12-25(33)29-14-18-6-8-20(28)9-7-18)26(34)22-13-21(36-27(22)31)16-30(2)17-23(32)24-5-4-11-35-24/h4-9,11,13,15,23,32H,3,10,12,14,16-17H2,1-2H3,(H,29,33)/t23-/m1/s1. The Hall–Kier alpha value is -3.33. The van der Waals surface area contributed by atoms with E-state index < -0.39 is 6.10 Å². The van der Waals surface area contributed by atoms with E-state index >= 15 is 0 Å². The maximum Gasteiger partial charge on any atom is 0.224 e. The third-order valence-electron chi connectivity index (χ3n) is 5.87. The second-order valence-electron chi connectivity index (χ2n) is 8.92. The Balaban J connectivity index is 1.49. The summed E-state index contributed by atoms with van der Waals surface area (Å²) in [6, 6.07) is 12.4. The van der Waals surface area contributed by atoms with E-state index in [-0.39, 0.29) is 17.8 Å². The van der Waals surface area contributed by atoms with E-state index in [1.165, 1.54) is 6.26 Å². The normalized spacial score (nSPS) is 12.4. The number of amides is 1. The molecule has 0 bridgehead atoms. The molecule has 0 aliphatic heterocycles. The number of aliphatic hydroxyl groups is 1. The van der Waals surface area contributed by atoms with Gasteiger partial charge in [0.05, 0.1) is 24.6 Å². The van der Waals surface area contributed by atoms with Crippen molar-refractivity contribution in [3.05, 3.63) is 92.8 Å². The largest absolute Gasteiger partial charge is 0.467 e. The number of nitrogens with zero attached hydrogens (tertiary/aromatic N) is 2. The Bertz CT molecular complexity index is 1360. The smallest absolute Gasteiger partial charge is 0.224 e. The summed E-state index contributed by atoms with van der Waals surface area (Å²) in [6.07, 6.45) is 3.28. The van der Waals surface area contributed by atoms with Crippen LogP contribution in [0.4, 0.5) is 0 Å². The highest BCUT2D eigenvalue weighted by atomic mass is 35.5. The van der Waals surface area contributed by atoms with Crippen LogP contribution in [0.15, 0.2) is 68.6 Å². The third kappa shape index (κ3) is 6.26. The van der Waals surface area contributed by atoms with Crippen molar-refractivity contribution in [3.63, 3.8) is 0 Å². The van der Waals surface area contributed by atoms with Crippen molar-refractivity contribution >= 4 is 28.6 Å². The molecule has 4 aromatic rings. The average Bonchev–Trinajstić information content (AvgIpc) is 3.52. The molecule has 36 heavy (non-hydrogen) atoms. The summed E-state index contributed by atoms with van der Waals surface area (Å²) >= 11 is 5.91. The lowest BCUT2D eigenvalue weighted by Crippen LogP contribution is -2.27.